The van der Waals surface area contributed by atoms with Gasteiger partial charge in [0.25, 0.3) is 0 Å². The smallest absolute Gasteiger partial charge is 0.407 e. The fraction of sp³-hybridized carbons (Fsp3) is 0.320. The molecule has 0 aliphatic carbocycles. The van der Waals surface area contributed by atoms with Crippen LogP contribution < -0.4 is 14.8 Å². The van der Waals surface area contributed by atoms with Gasteiger partial charge in [0.2, 0.25) is 0 Å². The fourth-order valence-electron chi connectivity index (χ4n) is 3.00. The van der Waals surface area contributed by atoms with Gasteiger partial charge in [0.15, 0.2) is 0 Å². The molecule has 0 aliphatic rings. The summed E-state index contributed by atoms with van der Waals surface area (Å²) in [5, 5.41) is 4.76. The van der Waals surface area contributed by atoms with Gasteiger partial charge in [-0.15, -0.1) is 0 Å². The SMILES string of the molecule is CC(C)(C)OC(=O)NCCCOc1cccc2c(OCc3ccccc3)cccc12. The lowest BCUT2D eigenvalue weighted by atomic mass is 10.1. The number of carbonyl (C=O) groups is 1. The van der Waals surface area contributed by atoms with Crippen LogP contribution >= 0.6 is 0 Å². The van der Waals surface area contributed by atoms with E-state index in [9.17, 15) is 4.79 Å². The van der Waals surface area contributed by atoms with Crippen molar-refractivity contribution in [1.29, 1.82) is 0 Å². The Morgan fingerprint density at radius 2 is 1.47 bits per heavy atom. The molecule has 0 radical (unpaired) electrons. The van der Waals surface area contributed by atoms with E-state index in [0.717, 1.165) is 27.8 Å². The summed E-state index contributed by atoms with van der Waals surface area (Å²) in [5.74, 6) is 1.63. The van der Waals surface area contributed by atoms with E-state index in [1.54, 1.807) is 0 Å². The number of nitrogens with one attached hydrogen (secondary N) is 1. The Bertz CT molecular complexity index is 964. The van der Waals surface area contributed by atoms with E-state index in [1.165, 1.54) is 0 Å². The van der Waals surface area contributed by atoms with Crippen LogP contribution in [-0.4, -0.2) is 24.8 Å². The van der Waals surface area contributed by atoms with Gasteiger partial charge in [-0.3, -0.25) is 0 Å². The number of benzene rings is 3. The summed E-state index contributed by atoms with van der Waals surface area (Å²) < 4.78 is 17.2. The van der Waals surface area contributed by atoms with Gasteiger partial charge in [-0.2, -0.15) is 0 Å². The average molecular weight is 408 g/mol. The van der Waals surface area contributed by atoms with Crippen molar-refractivity contribution in [2.75, 3.05) is 13.2 Å². The first-order valence-electron chi connectivity index (χ1n) is 10.2. The van der Waals surface area contributed by atoms with Crippen molar-refractivity contribution in [3.05, 3.63) is 72.3 Å². The molecule has 5 nitrogen and oxygen atoms in total. The molecule has 0 fully saturated rings. The van der Waals surface area contributed by atoms with Crippen LogP contribution in [0.1, 0.15) is 32.8 Å². The number of hydrogen-bond acceptors (Lipinski definition) is 4. The Labute approximate surface area is 178 Å². The Kier molecular flexibility index (Phi) is 7.17. The minimum absolute atomic E-state index is 0.409. The van der Waals surface area contributed by atoms with Crippen LogP contribution in [-0.2, 0) is 11.3 Å². The second-order valence-corrected chi connectivity index (χ2v) is 8.01. The third-order valence-electron chi connectivity index (χ3n) is 4.33. The maximum Gasteiger partial charge on any atom is 0.407 e. The Morgan fingerprint density at radius 1 is 0.833 bits per heavy atom. The Morgan fingerprint density at radius 3 is 2.10 bits per heavy atom. The van der Waals surface area contributed by atoms with Crippen molar-refractivity contribution >= 4 is 16.9 Å². The van der Waals surface area contributed by atoms with Gasteiger partial charge >= 0.3 is 6.09 Å². The maximum absolute atomic E-state index is 11.7. The monoisotopic (exact) mass is 407 g/mol. The number of hydrogen-bond donors (Lipinski definition) is 1. The van der Waals surface area contributed by atoms with E-state index < -0.39 is 11.7 Å². The van der Waals surface area contributed by atoms with E-state index in [2.05, 4.69) is 5.32 Å². The summed E-state index contributed by atoms with van der Waals surface area (Å²) in [4.78, 5) is 11.7. The summed E-state index contributed by atoms with van der Waals surface area (Å²) in [6, 6.07) is 22.0. The quantitative estimate of drug-likeness (QED) is 0.486. The van der Waals surface area contributed by atoms with Crippen LogP contribution in [0, 0.1) is 0 Å². The van der Waals surface area contributed by atoms with Crippen molar-refractivity contribution in [3.63, 3.8) is 0 Å². The maximum atomic E-state index is 11.7. The highest BCUT2D eigenvalue weighted by Crippen LogP contribution is 2.32. The molecule has 0 aliphatic heterocycles. The van der Waals surface area contributed by atoms with Crippen LogP contribution in [0.4, 0.5) is 4.79 Å². The molecule has 1 amide bonds. The van der Waals surface area contributed by atoms with Gasteiger partial charge in [0.1, 0.15) is 23.7 Å². The summed E-state index contributed by atoms with van der Waals surface area (Å²) >= 11 is 0. The van der Waals surface area contributed by atoms with E-state index >= 15 is 0 Å². The highest BCUT2D eigenvalue weighted by Gasteiger charge is 2.15. The summed E-state index contributed by atoms with van der Waals surface area (Å²) in [7, 11) is 0. The van der Waals surface area contributed by atoms with Crippen molar-refractivity contribution < 1.29 is 19.0 Å². The third-order valence-corrected chi connectivity index (χ3v) is 4.33. The molecule has 0 saturated heterocycles. The topological polar surface area (TPSA) is 56.8 Å². The molecule has 0 aromatic heterocycles. The average Bonchev–Trinajstić information content (AvgIpc) is 2.71. The fourth-order valence-corrected chi connectivity index (χ4v) is 3.00. The van der Waals surface area contributed by atoms with Crippen LogP contribution in [0.15, 0.2) is 66.7 Å². The van der Waals surface area contributed by atoms with Crippen LogP contribution in [0.2, 0.25) is 0 Å². The predicted molar refractivity (Wildman–Crippen MR) is 119 cm³/mol. The van der Waals surface area contributed by atoms with E-state index in [4.69, 9.17) is 14.2 Å². The summed E-state index contributed by atoms with van der Waals surface area (Å²) in [5.41, 5.74) is 0.628. The number of fused-ring (bicyclic) bond motifs is 1. The first-order valence-corrected chi connectivity index (χ1v) is 10.2. The zero-order valence-electron chi connectivity index (χ0n) is 17.8. The van der Waals surface area contributed by atoms with Crippen LogP contribution in [0.25, 0.3) is 10.8 Å². The van der Waals surface area contributed by atoms with Gasteiger partial charge < -0.3 is 19.5 Å². The second-order valence-electron chi connectivity index (χ2n) is 8.01. The van der Waals surface area contributed by atoms with Crippen molar-refractivity contribution in [1.82, 2.24) is 5.32 Å². The molecular weight excluding hydrogens is 378 g/mol. The molecule has 158 valence electrons. The normalized spacial score (nSPS) is 11.2. The molecule has 30 heavy (non-hydrogen) atoms. The molecular formula is C25H29NO4. The van der Waals surface area contributed by atoms with Gasteiger partial charge in [0, 0.05) is 17.3 Å². The lowest BCUT2D eigenvalue weighted by Crippen LogP contribution is -2.33. The van der Waals surface area contributed by atoms with Gasteiger partial charge in [-0.05, 0) is 44.9 Å². The lowest BCUT2D eigenvalue weighted by Gasteiger charge is -2.19. The molecule has 3 aromatic carbocycles. The van der Waals surface area contributed by atoms with E-state index in [1.807, 2.05) is 87.5 Å². The zero-order valence-corrected chi connectivity index (χ0v) is 17.8. The molecule has 1 N–H and O–H groups in total. The first-order chi connectivity index (χ1) is 14.4. The summed E-state index contributed by atoms with van der Waals surface area (Å²) in [6.07, 6.45) is 0.271. The number of alkyl carbamates (subject to hydrolysis) is 1. The van der Waals surface area contributed by atoms with Crippen LogP contribution in [0.5, 0.6) is 11.5 Å². The van der Waals surface area contributed by atoms with Gasteiger partial charge in [-0.1, -0.05) is 54.6 Å². The van der Waals surface area contributed by atoms with Crippen LogP contribution in [0.3, 0.4) is 0 Å². The van der Waals surface area contributed by atoms with Gasteiger partial charge in [0.05, 0.1) is 6.61 Å². The number of amides is 1. The third kappa shape index (κ3) is 6.41. The molecule has 0 heterocycles. The number of rotatable bonds is 8. The molecule has 0 bridgehead atoms. The molecule has 3 rings (SSSR count). The highest BCUT2D eigenvalue weighted by atomic mass is 16.6. The molecule has 0 atom stereocenters. The highest BCUT2D eigenvalue weighted by molar-refractivity contribution is 5.93. The minimum atomic E-state index is -0.496. The Balaban J connectivity index is 1.56. The molecule has 3 aromatic rings. The molecule has 5 heteroatoms. The first kappa shape index (κ1) is 21.5. The standard InChI is InChI=1S/C25H29NO4/c1-25(2,3)30-24(27)26-16-9-17-28-22-14-7-13-21-20(22)12-8-15-23(21)29-18-19-10-5-4-6-11-19/h4-8,10-15H,9,16-18H2,1-3H3,(H,26,27). The second kappa shape index (κ2) is 10.0. The largest absolute Gasteiger partial charge is 0.493 e. The number of ether oxygens (including phenoxy) is 3. The minimum Gasteiger partial charge on any atom is -0.493 e. The van der Waals surface area contributed by atoms with E-state index in [0.29, 0.717) is 26.2 Å². The number of carbonyl (C=O) groups excluding carboxylic acids is 1. The van der Waals surface area contributed by atoms with E-state index in [-0.39, 0.29) is 0 Å². The van der Waals surface area contributed by atoms with Crippen molar-refractivity contribution in [2.24, 2.45) is 0 Å². The lowest BCUT2D eigenvalue weighted by molar-refractivity contribution is 0.0525. The molecule has 0 spiro atoms. The Hall–Kier alpha value is -3.21. The van der Waals surface area contributed by atoms with Gasteiger partial charge in [-0.25, -0.2) is 4.79 Å². The van der Waals surface area contributed by atoms with Crippen molar-refractivity contribution in [2.45, 2.75) is 39.4 Å². The zero-order chi connectivity index (χ0) is 21.4. The van der Waals surface area contributed by atoms with Crippen molar-refractivity contribution in [3.8, 4) is 11.5 Å². The summed E-state index contributed by atoms with van der Waals surface area (Å²) in [6.45, 7) is 7.02. The predicted octanol–water partition coefficient (Wildman–Crippen LogP) is 5.71. The molecule has 0 saturated carbocycles. The molecule has 0 unspecified atom stereocenters.